The van der Waals surface area contributed by atoms with Crippen LogP contribution >= 0.6 is 0 Å². The van der Waals surface area contributed by atoms with Gasteiger partial charge in [0.25, 0.3) is 0 Å². The van der Waals surface area contributed by atoms with Crippen molar-refractivity contribution in [1.82, 2.24) is 42.5 Å². The number of carboxylic acids is 4. The highest BCUT2D eigenvalue weighted by atomic mass is 16.5. The number of hydrogen-bond acceptors (Lipinski definition) is 16. The molecule has 688 valence electrons. The molecule has 16 N–H and O–H groups in total. The molecule has 12 amide bonds. The molecule has 0 radical (unpaired) electrons. The topological polar surface area (TPSA) is 467 Å². The van der Waals surface area contributed by atoms with E-state index in [4.69, 9.17) is 18.9 Å². The average molecular weight is 1730 g/mol. The highest BCUT2D eigenvalue weighted by Crippen LogP contribution is 2.44. The van der Waals surface area contributed by atoms with E-state index in [1.54, 1.807) is 48.5 Å². The van der Waals surface area contributed by atoms with Crippen molar-refractivity contribution in [3.05, 3.63) is 93.0 Å². The fraction of sp³-hybridized carbons (Fsp3) is 0.609. The Hall–Kier alpha value is -11.1. The third kappa shape index (κ3) is 34.6. The van der Waals surface area contributed by atoms with Gasteiger partial charge in [-0.25, -0.2) is 38.4 Å². The van der Waals surface area contributed by atoms with Gasteiger partial charge in [-0.05, 0) is 173 Å². The van der Waals surface area contributed by atoms with Crippen molar-refractivity contribution < 1.29 is 96.9 Å². The maximum Gasteiger partial charge on any atom is 0.326 e. The molecule has 8 atom stereocenters. The molecule has 0 fully saturated rings. The van der Waals surface area contributed by atoms with Crippen molar-refractivity contribution in [3.63, 3.8) is 0 Å². The van der Waals surface area contributed by atoms with E-state index in [-0.39, 0.29) is 174 Å². The lowest BCUT2D eigenvalue weighted by atomic mass is 9.90. The molecule has 32 heteroatoms. The minimum absolute atomic E-state index is 0.104. The number of hydrogen-bond donors (Lipinski definition) is 16. The summed E-state index contributed by atoms with van der Waals surface area (Å²) in [6, 6.07) is 0.123. The molecule has 4 aromatic carbocycles. The highest BCUT2D eigenvalue weighted by Gasteiger charge is 2.35. The maximum atomic E-state index is 14.9. The van der Waals surface area contributed by atoms with Crippen LogP contribution in [-0.4, -0.2) is 167 Å². The van der Waals surface area contributed by atoms with Gasteiger partial charge in [0, 0.05) is 92.9 Å². The van der Waals surface area contributed by atoms with Crippen LogP contribution in [0.15, 0.2) is 48.5 Å². The first kappa shape index (κ1) is 103. The lowest BCUT2D eigenvalue weighted by Gasteiger charge is -2.26. The third-order valence-electron chi connectivity index (χ3n) is 19.9. The molecule has 32 nitrogen and oxygen atoms in total. The minimum Gasteiger partial charge on any atom is -0.493 e. The normalized spacial score (nSPS) is 13.9. The quantitative estimate of drug-likeness (QED) is 0.0172. The van der Waals surface area contributed by atoms with Crippen LogP contribution in [0.2, 0.25) is 0 Å². The lowest BCUT2D eigenvalue weighted by molar-refractivity contribution is -0.143. The molecule has 124 heavy (non-hydrogen) atoms. The summed E-state index contributed by atoms with van der Waals surface area (Å²) in [6.45, 7) is 37.6. The van der Waals surface area contributed by atoms with Crippen molar-refractivity contribution in [2.45, 2.75) is 290 Å². The number of carbonyl (C=O) groups is 12. The summed E-state index contributed by atoms with van der Waals surface area (Å²) in [5.74, 6) is -7.78. The number of nitrogens with one attached hydrogen (secondary N) is 12. The number of benzene rings is 4. The molecule has 8 bridgehead atoms. The van der Waals surface area contributed by atoms with Crippen LogP contribution < -0.4 is 82.7 Å². The Bertz CT molecular complexity index is 3670. The van der Waals surface area contributed by atoms with Gasteiger partial charge in [-0.2, -0.15) is 0 Å². The standard InChI is InChI=1S/C92H140N12O20/c1-21-25-121-77-57-37-59-43-66(94-90(118)102-70(30-50(7)8)82(106)98-74(86(111)112)34-54(15)16)45-61(78(59)122-26-22-2)39-63-47-68(96-92(120)104-72(32-52(11)12)84(108)100-76(88(115)116)36-56(19)20)48-64(80(63)124-28-24-4)40-62-46-67(95-91(119)103-71(31-51(9)10)83(107)99-75(87(113)114)35-55(17)18)44-60(79(62)123-27-23-3)38-58(77)42-65(41-57)93-89(117)101-69(29-49(5)6)81(105)97-73(85(109)110)33-53(13)14/h41-56,69-76H,21-40H2,1-20H3,(H,97,105)(H,98,106)(H,99,107)(H,100,108)(H,109,110)(H,111,112)(H,113,114)(H,115,116)(H2,93,101,117)(H2,94,102,118)(H2,95,103,119)(H2,96,104,120). The van der Waals surface area contributed by atoms with E-state index in [1.165, 1.54) is 0 Å². The van der Waals surface area contributed by atoms with Crippen LogP contribution in [0.25, 0.3) is 0 Å². The Kier molecular flexibility index (Phi) is 42.2. The first-order valence-corrected chi connectivity index (χ1v) is 44.0. The van der Waals surface area contributed by atoms with E-state index < -0.39 is 120 Å². The van der Waals surface area contributed by atoms with Gasteiger partial charge >= 0.3 is 48.0 Å². The predicted molar refractivity (Wildman–Crippen MR) is 478 cm³/mol. The van der Waals surface area contributed by atoms with Crippen molar-refractivity contribution in [3.8, 4) is 23.0 Å². The van der Waals surface area contributed by atoms with Gasteiger partial charge in [-0.1, -0.05) is 138 Å². The van der Waals surface area contributed by atoms with Crippen LogP contribution in [0.4, 0.5) is 41.9 Å². The lowest BCUT2D eigenvalue weighted by Crippen LogP contribution is -2.53. The second-order valence-electron chi connectivity index (χ2n) is 35.8. The van der Waals surface area contributed by atoms with Crippen molar-refractivity contribution in [2.24, 2.45) is 47.3 Å². The van der Waals surface area contributed by atoms with Gasteiger partial charge in [0.05, 0.1) is 26.4 Å². The molecule has 1 aliphatic rings. The molecule has 0 saturated carbocycles. The van der Waals surface area contributed by atoms with E-state index in [9.17, 15) is 78.0 Å². The zero-order valence-corrected chi connectivity index (χ0v) is 76.3. The minimum atomic E-state index is -1.27. The van der Waals surface area contributed by atoms with Crippen LogP contribution in [0.1, 0.15) is 260 Å². The Morgan fingerprint density at radius 2 is 0.395 bits per heavy atom. The number of ether oxygens (including phenoxy) is 4. The Morgan fingerprint density at radius 1 is 0.250 bits per heavy atom. The molecule has 0 spiro atoms. The summed E-state index contributed by atoms with van der Waals surface area (Å²) >= 11 is 0. The summed E-state index contributed by atoms with van der Waals surface area (Å²) in [7, 11) is 0. The monoisotopic (exact) mass is 1730 g/mol. The smallest absolute Gasteiger partial charge is 0.326 e. The molecule has 0 saturated heterocycles. The van der Waals surface area contributed by atoms with Crippen molar-refractivity contribution in [2.75, 3.05) is 47.7 Å². The predicted octanol–water partition coefficient (Wildman–Crippen LogP) is 14.1. The van der Waals surface area contributed by atoms with E-state index in [0.29, 0.717) is 93.2 Å². The second-order valence-corrected chi connectivity index (χ2v) is 35.8. The van der Waals surface area contributed by atoms with E-state index in [0.717, 1.165) is 0 Å². The van der Waals surface area contributed by atoms with Crippen LogP contribution in [0.5, 0.6) is 23.0 Å². The number of carboxylic acid groups (broad SMARTS) is 4. The van der Waals surface area contributed by atoms with E-state index >= 15 is 0 Å². The molecular weight excluding hydrogens is 1590 g/mol. The number of carbonyl (C=O) groups excluding carboxylic acids is 8. The summed E-state index contributed by atoms with van der Waals surface area (Å²) < 4.78 is 27.8. The van der Waals surface area contributed by atoms with E-state index in [2.05, 4.69) is 63.8 Å². The van der Waals surface area contributed by atoms with Crippen molar-refractivity contribution in [1.29, 1.82) is 0 Å². The van der Waals surface area contributed by atoms with Gasteiger partial charge in [0.1, 0.15) is 71.3 Å². The molecule has 0 aliphatic heterocycles. The summed E-state index contributed by atoms with van der Waals surface area (Å²) in [5.41, 5.74) is 4.05. The summed E-state index contributed by atoms with van der Waals surface area (Å²) in [6.07, 6.45) is 2.33. The largest absolute Gasteiger partial charge is 0.493 e. The number of rotatable bonds is 48. The van der Waals surface area contributed by atoms with Gasteiger partial charge in [-0.15, -0.1) is 0 Å². The zero-order chi connectivity index (χ0) is 92.5. The highest BCUT2D eigenvalue weighted by molar-refractivity contribution is 5.99. The Morgan fingerprint density at radius 3 is 0.524 bits per heavy atom. The molecule has 1 aliphatic carbocycles. The molecule has 0 heterocycles. The Labute approximate surface area is 731 Å². The summed E-state index contributed by atoms with van der Waals surface area (Å²) in [5, 5.41) is 74.7. The summed E-state index contributed by atoms with van der Waals surface area (Å²) in [4.78, 5) is 167. The fourth-order valence-corrected chi connectivity index (χ4v) is 14.7. The SMILES string of the molecule is CCCOc1c2cc(NC(=O)NC(CC(C)C)C(=O)NC(CC(C)C)C(=O)O)cc1Cc1cc(NC(=O)NC(CC(C)C)C(=O)NC(CC(C)C)C(=O)O)cc(c1OCCC)Cc1cc(NC(=O)NC(CC(C)C)C(=O)NC(CC(C)C)C(=O)O)cc(c1OCCC)Cc1cc(NC(=O)NC(CC(C)C)C(=O)NC(CC(C)C)C(=O)O)cc(c1OCCC)C2. The van der Waals surface area contributed by atoms with Crippen LogP contribution in [0, 0.1) is 47.3 Å². The van der Waals surface area contributed by atoms with Gasteiger partial charge in [-0.3, -0.25) is 19.2 Å². The molecule has 5 rings (SSSR count). The van der Waals surface area contributed by atoms with Crippen molar-refractivity contribution >= 4 is 94.4 Å². The zero-order valence-electron chi connectivity index (χ0n) is 76.3. The number of aliphatic carboxylic acids is 4. The molecule has 4 aromatic rings. The first-order chi connectivity index (χ1) is 58.4. The number of fused-ring (bicyclic) bond motifs is 8. The number of amides is 12. The van der Waals surface area contributed by atoms with E-state index in [1.807, 2.05) is 138 Å². The van der Waals surface area contributed by atoms with Gasteiger partial charge in [0.15, 0.2) is 0 Å². The molecule has 8 unspecified atom stereocenters. The number of anilines is 4. The second kappa shape index (κ2) is 50.6. The van der Waals surface area contributed by atoms with Crippen LogP contribution in [0.3, 0.4) is 0 Å². The first-order valence-electron chi connectivity index (χ1n) is 44.0. The third-order valence-corrected chi connectivity index (χ3v) is 19.9. The Balaban J connectivity index is 2.02. The molecular formula is C92H140N12O20. The van der Waals surface area contributed by atoms with Crippen LogP contribution in [-0.2, 0) is 64.0 Å². The van der Waals surface area contributed by atoms with Gasteiger partial charge < -0.3 is 103 Å². The van der Waals surface area contributed by atoms with Gasteiger partial charge in [0.2, 0.25) is 23.6 Å². The fourth-order valence-electron chi connectivity index (χ4n) is 14.7. The molecule has 0 aromatic heterocycles. The average Bonchev–Trinajstić information content (AvgIpc) is 0.768. The number of urea groups is 4. The maximum absolute atomic E-state index is 14.9.